The number of morpholine rings is 1. The van der Waals surface area contributed by atoms with Crippen LogP contribution in [0.4, 0.5) is 0 Å². The van der Waals surface area contributed by atoms with E-state index in [0.29, 0.717) is 10.8 Å². The van der Waals surface area contributed by atoms with E-state index in [4.69, 9.17) is 4.74 Å². The van der Waals surface area contributed by atoms with Crippen molar-refractivity contribution in [2.75, 3.05) is 59.5 Å². The van der Waals surface area contributed by atoms with Gasteiger partial charge < -0.3 is 15.0 Å². The Morgan fingerprint density at radius 2 is 1.73 bits per heavy atom. The van der Waals surface area contributed by atoms with E-state index in [0.717, 1.165) is 38.8 Å². The van der Waals surface area contributed by atoms with E-state index in [2.05, 4.69) is 20.1 Å². The smallest absolute Gasteiger partial charge is 0.193 e. The normalized spacial score (nSPS) is 29.0. The van der Waals surface area contributed by atoms with Gasteiger partial charge in [-0.2, -0.15) is 0 Å². The Labute approximate surface area is 159 Å². The minimum absolute atomic E-state index is 0.416. The number of aliphatic imine (C=N–C) groups is 1. The molecule has 5 nitrogen and oxygen atoms in total. The molecule has 5 heteroatoms. The highest BCUT2D eigenvalue weighted by Gasteiger charge is 2.44. The van der Waals surface area contributed by atoms with Crippen molar-refractivity contribution in [3.05, 3.63) is 0 Å². The fraction of sp³-hybridized carbons (Fsp3) is 0.952. The first-order chi connectivity index (χ1) is 12.7. The Kier molecular flexibility index (Phi) is 5.75. The van der Waals surface area contributed by atoms with Crippen LogP contribution in [0.15, 0.2) is 4.99 Å². The lowest BCUT2D eigenvalue weighted by Gasteiger charge is -2.43. The van der Waals surface area contributed by atoms with Crippen LogP contribution < -0.4 is 5.32 Å². The molecule has 0 amide bonds. The van der Waals surface area contributed by atoms with Gasteiger partial charge in [0.25, 0.3) is 0 Å². The number of hydrogen-bond donors (Lipinski definition) is 1. The first-order valence-electron chi connectivity index (χ1n) is 11.0. The molecule has 2 heterocycles. The minimum Gasteiger partial charge on any atom is -0.379 e. The molecule has 4 fully saturated rings. The molecular formula is C21H38N4O. The third-order valence-electron chi connectivity index (χ3n) is 7.56. The van der Waals surface area contributed by atoms with Crippen LogP contribution in [0.25, 0.3) is 0 Å². The SMILES string of the molecule is CN=C(NCC1(CN2CCOCC2)CCCCC1)N1CCC2(CCC2)C1. The summed E-state index contributed by atoms with van der Waals surface area (Å²) >= 11 is 0. The summed E-state index contributed by atoms with van der Waals surface area (Å²) in [7, 11) is 1.96. The van der Waals surface area contributed by atoms with Gasteiger partial charge in [-0.1, -0.05) is 25.7 Å². The van der Waals surface area contributed by atoms with E-state index in [1.165, 1.54) is 77.4 Å². The summed E-state index contributed by atoms with van der Waals surface area (Å²) in [5.74, 6) is 1.15. The summed E-state index contributed by atoms with van der Waals surface area (Å²) in [5.41, 5.74) is 1.05. The summed E-state index contributed by atoms with van der Waals surface area (Å²) in [4.78, 5) is 9.82. The predicted molar refractivity (Wildman–Crippen MR) is 107 cm³/mol. The standard InChI is InChI=1S/C21H38N4O/c1-22-19(25-11-10-20(18-25)8-5-9-20)23-16-21(6-3-2-4-7-21)17-24-12-14-26-15-13-24/h2-18H2,1H3,(H,22,23). The van der Waals surface area contributed by atoms with Gasteiger partial charge in [-0.25, -0.2) is 0 Å². The summed E-state index contributed by atoms with van der Waals surface area (Å²) < 4.78 is 5.56. The number of guanidine groups is 1. The second-order valence-electron chi connectivity index (χ2n) is 9.38. The lowest BCUT2D eigenvalue weighted by Crippen LogP contribution is -2.51. The van der Waals surface area contributed by atoms with Gasteiger partial charge in [0.15, 0.2) is 5.96 Å². The van der Waals surface area contributed by atoms with E-state index in [1.807, 2.05) is 7.05 Å². The molecule has 0 unspecified atom stereocenters. The summed E-state index contributed by atoms with van der Waals surface area (Å²) in [6, 6.07) is 0. The van der Waals surface area contributed by atoms with Crippen molar-refractivity contribution in [3.63, 3.8) is 0 Å². The lowest BCUT2D eigenvalue weighted by molar-refractivity contribution is 0.00808. The monoisotopic (exact) mass is 362 g/mol. The molecule has 0 aromatic heterocycles. The summed E-state index contributed by atoms with van der Waals surface area (Å²) in [6.45, 7) is 8.74. The molecule has 2 saturated carbocycles. The second-order valence-corrected chi connectivity index (χ2v) is 9.38. The van der Waals surface area contributed by atoms with E-state index >= 15 is 0 Å². The highest BCUT2D eigenvalue weighted by Crippen LogP contribution is 2.48. The molecule has 4 aliphatic rings. The Morgan fingerprint density at radius 3 is 2.35 bits per heavy atom. The van der Waals surface area contributed by atoms with Gasteiger partial charge in [-0.3, -0.25) is 9.89 Å². The highest BCUT2D eigenvalue weighted by atomic mass is 16.5. The second kappa shape index (κ2) is 8.05. The molecule has 2 aliphatic carbocycles. The maximum Gasteiger partial charge on any atom is 0.193 e. The van der Waals surface area contributed by atoms with Crippen molar-refractivity contribution in [3.8, 4) is 0 Å². The van der Waals surface area contributed by atoms with Gasteiger partial charge in [0.05, 0.1) is 13.2 Å². The summed E-state index contributed by atoms with van der Waals surface area (Å²) in [6.07, 6.45) is 12.6. The van der Waals surface area contributed by atoms with Crippen LogP contribution in [-0.4, -0.2) is 75.3 Å². The van der Waals surface area contributed by atoms with Crippen molar-refractivity contribution >= 4 is 5.96 Å². The van der Waals surface area contributed by atoms with Crippen LogP contribution in [0.2, 0.25) is 0 Å². The van der Waals surface area contributed by atoms with Crippen LogP contribution in [0.3, 0.4) is 0 Å². The first kappa shape index (κ1) is 18.5. The molecule has 4 rings (SSSR count). The van der Waals surface area contributed by atoms with Crippen molar-refractivity contribution in [1.82, 2.24) is 15.1 Å². The van der Waals surface area contributed by atoms with Crippen LogP contribution in [0, 0.1) is 10.8 Å². The van der Waals surface area contributed by atoms with Crippen molar-refractivity contribution in [2.24, 2.45) is 15.8 Å². The van der Waals surface area contributed by atoms with Gasteiger partial charge in [-0.15, -0.1) is 0 Å². The zero-order chi connectivity index (χ0) is 17.9. The molecule has 26 heavy (non-hydrogen) atoms. The summed E-state index contributed by atoms with van der Waals surface area (Å²) in [5, 5.41) is 3.82. The maximum atomic E-state index is 5.56. The molecule has 0 aromatic carbocycles. The predicted octanol–water partition coefficient (Wildman–Crippen LogP) is 2.72. The molecule has 0 aromatic rings. The van der Waals surface area contributed by atoms with Crippen LogP contribution >= 0.6 is 0 Å². The van der Waals surface area contributed by atoms with Gasteiger partial charge in [0, 0.05) is 51.7 Å². The van der Waals surface area contributed by atoms with E-state index in [-0.39, 0.29) is 0 Å². The third kappa shape index (κ3) is 4.04. The van der Waals surface area contributed by atoms with Gasteiger partial charge in [0.2, 0.25) is 0 Å². The maximum absolute atomic E-state index is 5.56. The van der Waals surface area contributed by atoms with Crippen molar-refractivity contribution in [2.45, 2.75) is 57.8 Å². The molecule has 148 valence electrons. The Morgan fingerprint density at radius 1 is 0.962 bits per heavy atom. The fourth-order valence-electron chi connectivity index (χ4n) is 5.73. The molecular weight excluding hydrogens is 324 g/mol. The van der Waals surface area contributed by atoms with Crippen LogP contribution in [0.1, 0.15) is 57.8 Å². The third-order valence-corrected chi connectivity index (χ3v) is 7.56. The largest absolute Gasteiger partial charge is 0.379 e. The molecule has 2 aliphatic heterocycles. The minimum atomic E-state index is 0.416. The molecule has 1 N–H and O–H groups in total. The van der Waals surface area contributed by atoms with Crippen molar-refractivity contribution in [1.29, 1.82) is 0 Å². The van der Waals surface area contributed by atoms with E-state index in [9.17, 15) is 0 Å². The zero-order valence-corrected chi connectivity index (χ0v) is 16.8. The van der Waals surface area contributed by atoms with Gasteiger partial charge in [0.1, 0.15) is 0 Å². The average molecular weight is 363 g/mol. The Balaban J connectivity index is 1.35. The number of nitrogens with zero attached hydrogens (tertiary/aromatic N) is 3. The molecule has 1 spiro atoms. The zero-order valence-electron chi connectivity index (χ0n) is 16.8. The average Bonchev–Trinajstić information content (AvgIpc) is 3.10. The van der Waals surface area contributed by atoms with Gasteiger partial charge in [-0.05, 0) is 37.5 Å². The molecule has 0 bridgehead atoms. The number of nitrogens with one attached hydrogen (secondary N) is 1. The Hall–Kier alpha value is -0.810. The quantitative estimate of drug-likeness (QED) is 0.617. The topological polar surface area (TPSA) is 40.1 Å². The van der Waals surface area contributed by atoms with Crippen LogP contribution in [-0.2, 0) is 4.74 Å². The highest BCUT2D eigenvalue weighted by molar-refractivity contribution is 5.80. The fourth-order valence-corrected chi connectivity index (χ4v) is 5.73. The number of hydrogen-bond acceptors (Lipinski definition) is 3. The number of likely N-dealkylation sites (tertiary alicyclic amines) is 1. The van der Waals surface area contributed by atoms with Gasteiger partial charge >= 0.3 is 0 Å². The lowest BCUT2D eigenvalue weighted by atomic mass is 9.68. The molecule has 2 saturated heterocycles. The van der Waals surface area contributed by atoms with E-state index in [1.54, 1.807) is 0 Å². The molecule has 0 atom stereocenters. The number of rotatable bonds is 4. The first-order valence-corrected chi connectivity index (χ1v) is 11.0. The van der Waals surface area contributed by atoms with E-state index < -0.39 is 0 Å². The van der Waals surface area contributed by atoms with Crippen LogP contribution in [0.5, 0.6) is 0 Å². The van der Waals surface area contributed by atoms with Crippen molar-refractivity contribution < 1.29 is 4.74 Å². The number of ether oxygens (including phenoxy) is 1. The molecule has 0 radical (unpaired) electrons. The Bertz CT molecular complexity index is 490.